The van der Waals surface area contributed by atoms with E-state index in [1.54, 1.807) is 0 Å². The van der Waals surface area contributed by atoms with Gasteiger partial charge in [0.05, 0.1) is 18.7 Å². The second-order valence-electron chi connectivity index (χ2n) is 7.25. The standard InChI is InChI=1S/C24H27N3O3S/c1-5-16-10-12-17(13-11-16)22(28)25-19-9-7-8-18(14-19)21-20(23(29)30-4)15(3)27(6-2)24(31)26-21/h7-14,21H,5-6H2,1-4H3,(H,25,28)(H,26,31)/t21-/m0/s1. The highest BCUT2D eigenvalue weighted by Gasteiger charge is 2.34. The summed E-state index contributed by atoms with van der Waals surface area (Å²) in [4.78, 5) is 27.1. The maximum absolute atomic E-state index is 12.7. The third kappa shape index (κ3) is 4.77. The zero-order valence-electron chi connectivity index (χ0n) is 18.2. The zero-order chi connectivity index (χ0) is 22.5. The number of methoxy groups -OCH3 is 1. The highest BCUT2D eigenvalue weighted by Crippen LogP contribution is 2.32. The van der Waals surface area contributed by atoms with Crippen LogP contribution in [0, 0.1) is 0 Å². The summed E-state index contributed by atoms with van der Waals surface area (Å²) in [6.45, 7) is 6.54. The number of esters is 1. The van der Waals surface area contributed by atoms with Gasteiger partial charge in [-0.3, -0.25) is 4.79 Å². The van der Waals surface area contributed by atoms with Crippen molar-refractivity contribution in [2.24, 2.45) is 0 Å². The van der Waals surface area contributed by atoms with Crippen molar-refractivity contribution in [3.63, 3.8) is 0 Å². The van der Waals surface area contributed by atoms with Crippen LogP contribution in [-0.4, -0.2) is 35.5 Å². The first-order valence-electron chi connectivity index (χ1n) is 10.3. The van der Waals surface area contributed by atoms with E-state index in [9.17, 15) is 9.59 Å². The predicted octanol–water partition coefficient (Wildman–Crippen LogP) is 4.20. The van der Waals surface area contributed by atoms with Crippen LogP contribution in [0.25, 0.3) is 0 Å². The number of amides is 1. The summed E-state index contributed by atoms with van der Waals surface area (Å²) in [5, 5.41) is 6.72. The van der Waals surface area contributed by atoms with Gasteiger partial charge in [0.15, 0.2) is 5.11 Å². The lowest BCUT2D eigenvalue weighted by atomic mass is 9.94. The van der Waals surface area contributed by atoms with Gasteiger partial charge in [0.25, 0.3) is 5.91 Å². The van der Waals surface area contributed by atoms with Gasteiger partial charge in [-0.2, -0.15) is 0 Å². The van der Waals surface area contributed by atoms with Gasteiger partial charge in [0.2, 0.25) is 0 Å². The molecule has 1 atom stereocenters. The summed E-state index contributed by atoms with van der Waals surface area (Å²) in [6, 6.07) is 14.5. The molecule has 0 aromatic heterocycles. The van der Waals surface area contributed by atoms with Gasteiger partial charge < -0.3 is 20.3 Å². The van der Waals surface area contributed by atoms with Gasteiger partial charge in [0, 0.05) is 23.5 Å². The summed E-state index contributed by atoms with van der Waals surface area (Å²) < 4.78 is 5.03. The molecule has 0 radical (unpaired) electrons. The maximum Gasteiger partial charge on any atom is 0.337 e. The molecule has 2 aromatic carbocycles. The third-order valence-electron chi connectivity index (χ3n) is 5.42. The van der Waals surface area contributed by atoms with Gasteiger partial charge in [-0.15, -0.1) is 0 Å². The minimum Gasteiger partial charge on any atom is -0.466 e. The van der Waals surface area contributed by atoms with Crippen molar-refractivity contribution in [2.45, 2.75) is 33.2 Å². The molecular weight excluding hydrogens is 410 g/mol. The molecule has 162 valence electrons. The molecule has 31 heavy (non-hydrogen) atoms. The first-order chi connectivity index (χ1) is 14.9. The molecule has 2 N–H and O–H groups in total. The Balaban J connectivity index is 1.90. The van der Waals surface area contributed by atoms with Crippen molar-refractivity contribution in [2.75, 3.05) is 19.0 Å². The Morgan fingerprint density at radius 2 is 1.87 bits per heavy atom. The van der Waals surface area contributed by atoms with E-state index in [0.29, 0.717) is 28.5 Å². The minimum absolute atomic E-state index is 0.191. The summed E-state index contributed by atoms with van der Waals surface area (Å²) in [5.41, 5.74) is 4.46. The number of allylic oxidation sites excluding steroid dienone is 1. The minimum atomic E-state index is -0.469. The van der Waals surface area contributed by atoms with Crippen LogP contribution in [0.2, 0.25) is 0 Å². The van der Waals surface area contributed by atoms with E-state index in [0.717, 1.165) is 17.7 Å². The van der Waals surface area contributed by atoms with E-state index in [2.05, 4.69) is 17.6 Å². The fourth-order valence-electron chi connectivity index (χ4n) is 3.68. The number of anilines is 1. The van der Waals surface area contributed by atoms with Crippen LogP contribution in [0.15, 0.2) is 59.8 Å². The Morgan fingerprint density at radius 1 is 1.16 bits per heavy atom. The van der Waals surface area contributed by atoms with Crippen LogP contribution < -0.4 is 10.6 Å². The Morgan fingerprint density at radius 3 is 2.48 bits per heavy atom. The molecule has 6 nitrogen and oxygen atoms in total. The number of hydrogen-bond donors (Lipinski definition) is 2. The molecule has 1 aliphatic rings. The third-order valence-corrected chi connectivity index (χ3v) is 5.76. The average Bonchev–Trinajstić information content (AvgIpc) is 2.78. The van der Waals surface area contributed by atoms with Crippen molar-refractivity contribution in [3.05, 3.63) is 76.5 Å². The van der Waals surface area contributed by atoms with Crippen molar-refractivity contribution in [1.82, 2.24) is 10.2 Å². The average molecular weight is 438 g/mol. The van der Waals surface area contributed by atoms with E-state index in [1.165, 1.54) is 12.7 Å². The molecule has 0 unspecified atom stereocenters. The lowest BCUT2D eigenvalue weighted by molar-refractivity contribution is -0.136. The number of carbonyl (C=O) groups excluding carboxylic acids is 2. The second-order valence-corrected chi connectivity index (χ2v) is 7.63. The highest BCUT2D eigenvalue weighted by atomic mass is 32.1. The number of carbonyl (C=O) groups is 2. The van der Waals surface area contributed by atoms with Gasteiger partial charge in [-0.05, 0) is 67.9 Å². The monoisotopic (exact) mass is 437 g/mol. The van der Waals surface area contributed by atoms with Gasteiger partial charge in [0.1, 0.15) is 0 Å². The van der Waals surface area contributed by atoms with Gasteiger partial charge >= 0.3 is 5.97 Å². The van der Waals surface area contributed by atoms with E-state index >= 15 is 0 Å². The summed E-state index contributed by atoms with van der Waals surface area (Å²) >= 11 is 5.50. The molecule has 2 aromatic rings. The van der Waals surface area contributed by atoms with Crippen molar-refractivity contribution < 1.29 is 14.3 Å². The number of nitrogens with zero attached hydrogens (tertiary/aromatic N) is 1. The Kier molecular flexibility index (Phi) is 7.07. The molecule has 0 saturated carbocycles. The molecule has 1 aliphatic heterocycles. The lowest BCUT2D eigenvalue weighted by Crippen LogP contribution is -2.47. The summed E-state index contributed by atoms with van der Waals surface area (Å²) in [7, 11) is 1.36. The summed E-state index contributed by atoms with van der Waals surface area (Å²) in [6.07, 6.45) is 0.922. The van der Waals surface area contributed by atoms with E-state index in [1.807, 2.05) is 67.3 Å². The van der Waals surface area contributed by atoms with E-state index in [-0.39, 0.29) is 5.91 Å². The summed E-state index contributed by atoms with van der Waals surface area (Å²) in [5.74, 6) is -0.606. The smallest absolute Gasteiger partial charge is 0.337 e. The molecule has 7 heteroatoms. The largest absolute Gasteiger partial charge is 0.466 e. The number of aryl methyl sites for hydroxylation is 1. The van der Waals surface area contributed by atoms with E-state index < -0.39 is 12.0 Å². The Bertz CT molecular complexity index is 1030. The molecule has 0 saturated heterocycles. The Labute approximate surface area is 188 Å². The maximum atomic E-state index is 12.7. The van der Waals surface area contributed by atoms with Crippen molar-refractivity contribution in [1.29, 1.82) is 0 Å². The molecule has 0 fully saturated rings. The highest BCUT2D eigenvalue weighted by molar-refractivity contribution is 7.80. The first-order valence-corrected chi connectivity index (χ1v) is 10.7. The van der Waals surface area contributed by atoms with Crippen molar-refractivity contribution >= 4 is 34.9 Å². The Hall–Kier alpha value is -3.19. The number of ether oxygens (including phenoxy) is 1. The number of rotatable bonds is 6. The van der Waals surface area contributed by atoms with Gasteiger partial charge in [-0.25, -0.2) is 4.79 Å². The van der Waals surface area contributed by atoms with Crippen LogP contribution in [-0.2, 0) is 16.0 Å². The predicted molar refractivity (Wildman–Crippen MR) is 126 cm³/mol. The fourth-order valence-corrected chi connectivity index (χ4v) is 4.06. The molecule has 0 bridgehead atoms. The molecule has 1 heterocycles. The normalized spacial score (nSPS) is 16.1. The first kappa shape index (κ1) is 22.5. The van der Waals surface area contributed by atoms with Crippen LogP contribution in [0.1, 0.15) is 48.3 Å². The SMILES string of the molecule is CCc1ccc(C(=O)Nc2cccc([C@@H]3NC(=S)N(CC)C(C)=C3C(=O)OC)c2)cc1. The molecule has 0 aliphatic carbocycles. The second kappa shape index (κ2) is 9.75. The quantitative estimate of drug-likeness (QED) is 0.521. The molecule has 1 amide bonds. The zero-order valence-corrected chi connectivity index (χ0v) is 19.0. The fraction of sp³-hybridized carbons (Fsp3) is 0.292. The van der Waals surface area contributed by atoms with Crippen LogP contribution in [0.3, 0.4) is 0 Å². The van der Waals surface area contributed by atoms with E-state index in [4.69, 9.17) is 17.0 Å². The van der Waals surface area contributed by atoms with Crippen molar-refractivity contribution in [3.8, 4) is 0 Å². The topological polar surface area (TPSA) is 70.7 Å². The lowest BCUT2D eigenvalue weighted by Gasteiger charge is -2.37. The number of thiocarbonyl (C=S) groups is 1. The van der Waals surface area contributed by atoms with Crippen LogP contribution in [0.5, 0.6) is 0 Å². The molecule has 0 spiro atoms. The van der Waals surface area contributed by atoms with Crippen LogP contribution >= 0.6 is 12.2 Å². The molecular formula is C24H27N3O3S. The van der Waals surface area contributed by atoms with Crippen LogP contribution in [0.4, 0.5) is 5.69 Å². The number of nitrogens with one attached hydrogen (secondary N) is 2. The molecule has 3 rings (SSSR count). The number of benzene rings is 2. The van der Waals surface area contributed by atoms with Gasteiger partial charge in [-0.1, -0.05) is 31.2 Å². The number of hydrogen-bond acceptors (Lipinski definition) is 4.